The molecule has 0 unspecified atom stereocenters. The predicted molar refractivity (Wildman–Crippen MR) is 128 cm³/mol. The molecule has 4 rings (SSSR count). The fraction of sp³-hybridized carbons (Fsp3) is 0.400. The molecule has 0 spiro atoms. The molecule has 8 heteroatoms. The number of nitrogens with zero attached hydrogens (tertiary/aromatic N) is 2. The van der Waals surface area contributed by atoms with Crippen molar-refractivity contribution in [3.8, 4) is 5.75 Å². The number of carbonyl (C=O) groups is 3. The summed E-state index contributed by atoms with van der Waals surface area (Å²) in [4.78, 5) is 42.6. The van der Waals surface area contributed by atoms with Crippen molar-refractivity contribution in [2.75, 3.05) is 26.7 Å². The molecule has 2 aromatic rings. The van der Waals surface area contributed by atoms with Gasteiger partial charge in [-0.15, -0.1) is 11.3 Å². The number of piperidine rings is 1. The molecular weight excluding hydrogens is 438 g/mol. The Morgan fingerprint density at radius 2 is 1.94 bits per heavy atom. The third-order valence-corrected chi connectivity index (χ3v) is 7.48. The highest BCUT2D eigenvalue weighted by atomic mass is 32.1. The van der Waals surface area contributed by atoms with Crippen LogP contribution in [-0.4, -0.2) is 59.9 Å². The van der Waals surface area contributed by atoms with Gasteiger partial charge in [0.05, 0.1) is 7.11 Å². The largest absolute Gasteiger partial charge is 0.497 e. The molecule has 1 atom stereocenters. The summed E-state index contributed by atoms with van der Waals surface area (Å²) in [5.41, 5.74) is 0.103. The van der Waals surface area contributed by atoms with E-state index >= 15 is 0 Å². The molecule has 0 bridgehead atoms. The first-order valence-electron chi connectivity index (χ1n) is 11.2. The zero-order chi connectivity index (χ0) is 23.4. The Hall–Kier alpha value is -3.13. The number of likely N-dealkylation sites (tertiary alicyclic amines) is 1. The minimum absolute atomic E-state index is 0.00902. The average molecular weight is 468 g/mol. The van der Waals surface area contributed by atoms with Crippen LogP contribution in [-0.2, 0) is 16.0 Å². The van der Waals surface area contributed by atoms with Crippen LogP contribution < -0.4 is 10.1 Å². The molecule has 2 fully saturated rings. The maximum Gasteiger partial charge on any atom is 0.325 e. The zero-order valence-electron chi connectivity index (χ0n) is 19.0. The number of thiophene rings is 1. The van der Waals surface area contributed by atoms with Gasteiger partial charge in [-0.1, -0.05) is 18.2 Å². The molecular formula is C25H29N3O4S. The Morgan fingerprint density at radius 1 is 1.21 bits per heavy atom. The van der Waals surface area contributed by atoms with Crippen LogP contribution in [0.25, 0.3) is 6.08 Å². The van der Waals surface area contributed by atoms with Gasteiger partial charge in [-0.2, -0.15) is 0 Å². The van der Waals surface area contributed by atoms with E-state index in [9.17, 15) is 14.4 Å². The van der Waals surface area contributed by atoms with Crippen LogP contribution >= 0.6 is 11.3 Å². The van der Waals surface area contributed by atoms with Crippen molar-refractivity contribution in [3.05, 3.63) is 58.3 Å². The lowest BCUT2D eigenvalue weighted by Gasteiger charge is -2.38. The highest BCUT2D eigenvalue weighted by Gasteiger charge is 2.52. The summed E-state index contributed by atoms with van der Waals surface area (Å²) in [6, 6.07) is 11.2. The molecule has 1 aromatic carbocycles. The van der Waals surface area contributed by atoms with Crippen LogP contribution in [0.2, 0.25) is 0 Å². The smallest absolute Gasteiger partial charge is 0.325 e. The summed E-state index contributed by atoms with van der Waals surface area (Å²) < 4.78 is 5.17. The van der Waals surface area contributed by atoms with Gasteiger partial charge in [-0.3, -0.25) is 14.5 Å². The van der Waals surface area contributed by atoms with E-state index in [1.54, 1.807) is 24.5 Å². The van der Waals surface area contributed by atoms with Gasteiger partial charge in [0.25, 0.3) is 5.91 Å². The molecule has 7 nitrogen and oxygen atoms in total. The van der Waals surface area contributed by atoms with Gasteiger partial charge >= 0.3 is 6.03 Å². The summed E-state index contributed by atoms with van der Waals surface area (Å²) >= 11 is 1.59. The molecule has 4 amide bonds. The SMILES string of the molecule is COc1ccc(CCN2C(=O)N[C@@](C)(C3CCN(C(=O)/C=C/c4cccs4)CC3)C2=O)cc1. The summed E-state index contributed by atoms with van der Waals surface area (Å²) in [6.45, 7) is 3.29. The molecule has 2 aliphatic rings. The molecule has 1 aromatic heterocycles. The molecule has 0 saturated carbocycles. The second-order valence-corrected chi connectivity index (χ2v) is 9.61. The van der Waals surface area contributed by atoms with E-state index < -0.39 is 5.54 Å². The van der Waals surface area contributed by atoms with Crippen LogP contribution in [0.1, 0.15) is 30.2 Å². The van der Waals surface area contributed by atoms with Gasteiger partial charge in [0.1, 0.15) is 11.3 Å². The first-order valence-corrected chi connectivity index (χ1v) is 12.1. The highest BCUT2D eigenvalue weighted by molar-refractivity contribution is 7.10. The predicted octanol–water partition coefficient (Wildman–Crippen LogP) is 3.56. The quantitative estimate of drug-likeness (QED) is 0.499. The van der Waals surface area contributed by atoms with Crippen LogP contribution in [0.15, 0.2) is 47.9 Å². The van der Waals surface area contributed by atoms with Crippen molar-refractivity contribution in [2.45, 2.75) is 31.7 Å². The standard InChI is InChI=1S/C25H29N3O4S/c1-25(19-12-14-27(15-13-19)22(29)10-9-21-4-3-17-33-21)23(30)28(24(31)26-25)16-11-18-5-7-20(32-2)8-6-18/h3-10,17,19H,11-16H2,1-2H3,(H,26,31)/b10-9+/t25-/m0/s1. The fourth-order valence-electron chi connectivity index (χ4n) is 4.55. The maximum absolute atomic E-state index is 13.2. The third kappa shape index (κ3) is 4.95. The van der Waals surface area contributed by atoms with Crippen molar-refractivity contribution >= 4 is 35.3 Å². The van der Waals surface area contributed by atoms with Crippen molar-refractivity contribution in [1.29, 1.82) is 0 Å². The van der Waals surface area contributed by atoms with Gasteiger partial charge < -0.3 is 15.0 Å². The van der Waals surface area contributed by atoms with Crippen molar-refractivity contribution in [2.24, 2.45) is 5.92 Å². The van der Waals surface area contributed by atoms with E-state index in [-0.39, 0.29) is 23.8 Å². The number of nitrogens with one attached hydrogen (secondary N) is 1. The van der Waals surface area contributed by atoms with E-state index in [2.05, 4.69) is 5.32 Å². The number of ether oxygens (including phenoxy) is 1. The van der Waals surface area contributed by atoms with E-state index in [0.717, 1.165) is 16.2 Å². The second kappa shape index (κ2) is 9.79. The van der Waals surface area contributed by atoms with Crippen molar-refractivity contribution in [1.82, 2.24) is 15.1 Å². The molecule has 174 valence electrons. The number of hydrogen-bond donors (Lipinski definition) is 1. The Labute approximate surface area is 198 Å². The Bertz CT molecular complexity index is 1030. The minimum atomic E-state index is -0.932. The number of imide groups is 1. The van der Waals surface area contributed by atoms with Gasteiger partial charge in [-0.05, 0) is 67.3 Å². The molecule has 0 radical (unpaired) electrons. The normalized spacial score (nSPS) is 21.6. The summed E-state index contributed by atoms with van der Waals surface area (Å²) in [5, 5.41) is 4.92. The third-order valence-electron chi connectivity index (χ3n) is 6.64. The lowest BCUT2D eigenvalue weighted by Crippen LogP contribution is -2.54. The van der Waals surface area contributed by atoms with E-state index in [0.29, 0.717) is 38.9 Å². The van der Waals surface area contributed by atoms with Gasteiger partial charge in [-0.25, -0.2) is 4.79 Å². The van der Waals surface area contributed by atoms with Crippen molar-refractivity contribution in [3.63, 3.8) is 0 Å². The lowest BCUT2D eigenvalue weighted by molar-refractivity contribution is -0.134. The number of carbonyl (C=O) groups excluding carboxylic acids is 3. The first-order chi connectivity index (χ1) is 15.9. The molecule has 33 heavy (non-hydrogen) atoms. The van der Waals surface area contributed by atoms with Crippen LogP contribution in [0.4, 0.5) is 4.79 Å². The Balaban J connectivity index is 1.32. The lowest BCUT2D eigenvalue weighted by atomic mass is 9.79. The topological polar surface area (TPSA) is 79.0 Å². The monoisotopic (exact) mass is 467 g/mol. The van der Waals surface area contributed by atoms with E-state index in [1.807, 2.05) is 59.7 Å². The molecule has 0 aliphatic carbocycles. The van der Waals surface area contributed by atoms with E-state index in [1.165, 1.54) is 4.90 Å². The molecule has 2 saturated heterocycles. The first kappa shape index (κ1) is 23.0. The summed E-state index contributed by atoms with van der Waals surface area (Å²) in [7, 11) is 1.62. The number of urea groups is 1. The van der Waals surface area contributed by atoms with Gasteiger partial charge in [0.2, 0.25) is 5.91 Å². The van der Waals surface area contributed by atoms with Crippen molar-refractivity contribution < 1.29 is 19.1 Å². The maximum atomic E-state index is 13.2. The Morgan fingerprint density at radius 3 is 2.58 bits per heavy atom. The van der Waals surface area contributed by atoms with Crippen LogP contribution in [0.3, 0.4) is 0 Å². The molecule has 3 heterocycles. The number of rotatable bonds is 7. The fourth-order valence-corrected chi connectivity index (χ4v) is 5.17. The number of benzene rings is 1. The van der Waals surface area contributed by atoms with E-state index in [4.69, 9.17) is 4.74 Å². The summed E-state index contributed by atoms with van der Waals surface area (Å²) in [5.74, 6) is 0.566. The average Bonchev–Trinajstić information content (AvgIpc) is 3.43. The molecule has 2 aliphatic heterocycles. The Kier molecular flexibility index (Phi) is 6.83. The van der Waals surface area contributed by atoms with Crippen LogP contribution in [0, 0.1) is 5.92 Å². The van der Waals surface area contributed by atoms with Gasteiger partial charge in [0, 0.05) is 30.6 Å². The highest BCUT2D eigenvalue weighted by Crippen LogP contribution is 2.33. The van der Waals surface area contributed by atoms with Gasteiger partial charge in [0.15, 0.2) is 0 Å². The zero-order valence-corrected chi connectivity index (χ0v) is 19.8. The second-order valence-electron chi connectivity index (χ2n) is 8.64. The van der Waals surface area contributed by atoms with Crippen LogP contribution in [0.5, 0.6) is 5.75 Å². The number of hydrogen-bond acceptors (Lipinski definition) is 5. The minimum Gasteiger partial charge on any atom is -0.497 e. The number of amides is 4. The summed E-state index contributed by atoms with van der Waals surface area (Å²) in [6.07, 6.45) is 5.38. The number of methoxy groups -OCH3 is 1. The molecule has 1 N–H and O–H groups in total.